The molecule has 2 atom stereocenters. The maximum Gasteiger partial charge on any atom is 0.322 e. The molecule has 3 fully saturated rings. The van der Waals surface area contributed by atoms with Crippen LogP contribution >= 0.6 is 0 Å². The SMILES string of the molecule is CC1(C)[C@]2(C(=O)N3CCC(c4cc(=O)[nH]cn4)CC3)CC[C@@]1(C)OC2=O. The molecule has 1 N–H and O–H groups in total. The summed E-state index contributed by atoms with van der Waals surface area (Å²) in [6.45, 7) is 7.04. The van der Waals surface area contributed by atoms with Crippen LogP contribution in [0, 0.1) is 10.8 Å². The minimum Gasteiger partial charge on any atom is -0.458 e. The lowest BCUT2D eigenvalue weighted by atomic mass is 9.64. The van der Waals surface area contributed by atoms with Crippen LogP contribution in [0.4, 0.5) is 0 Å². The van der Waals surface area contributed by atoms with Crippen molar-refractivity contribution in [1.82, 2.24) is 14.9 Å². The van der Waals surface area contributed by atoms with Crippen LogP contribution in [0.1, 0.15) is 58.1 Å². The summed E-state index contributed by atoms with van der Waals surface area (Å²) in [5.74, 6) is -0.290. The Morgan fingerprint density at radius 2 is 1.92 bits per heavy atom. The van der Waals surface area contributed by atoms with Crippen LogP contribution in [0.25, 0.3) is 0 Å². The minimum absolute atomic E-state index is 0.0916. The Balaban J connectivity index is 1.53. The Labute approximate surface area is 152 Å². The summed E-state index contributed by atoms with van der Waals surface area (Å²) in [6.07, 6.45) is 4.19. The van der Waals surface area contributed by atoms with Crippen molar-refractivity contribution in [2.75, 3.05) is 13.1 Å². The van der Waals surface area contributed by atoms with E-state index < -0.39 is 16.4 Å². The zero-order valence-corrected chi connectivity index (χ0v) is 15.5. The number of carbonyl (C=O) groups excluding carboxylic acids is 2. The number of hydrogen-bond donors (Lipinski definition) is 1. The van der Waals surface area contributed by atoms with Gasteiger partial charge in [0.05, 0.1) is 12.0 Å². The van der Waals surface area contributed by atoms with Crippen molar-refractivity contribution in [2.45, 2.75) is 58.0 Å². The monoisotopic (exact) mass is 359 g/mol. The Kier molecular flexibility index (Phi) is 3.59. The molecule has 26 heavy (non-hydrogen) atoms. The molecule has 0 spiro atoms. The number of amides is 1. The fraction of sp³-hybridized carbons (Fsp3) is 0.684. The zero-order valence-electron chi connectivity index (χ0n) is 15.5. The molecule has 3 aliphatic rings. The zero-order chi connectivity index (χ0) is 18.7. The summed E-state index contributed by atoms with van der Waals surface area (Å²) < 4.78 is 5.65. The Morgan fingerprint density at radius 1 is 1.23 bits per heavy atom. The number of nitrogens with zero attached hydrogens (tertiary/aromatic N) is 2. The number of piperidine rings is 1. The van der Waals surface area contributed by atoms with Crippen LogP contribution in [-0.4, -0.2) is 45.4 Å². The van der Waals surface area contributed by atoms with Gasteiger partial charge in [0.15, 0.2) is 5.41 Å². The third kappa shape index (κ3) is 2.06. The lowest BCUT2D eigenvalue weighted by Crippen LogP contribution is -2.54. The summed E-state index contributed by atoms with van der Waals surface area (Å²) >= 11 is 0. The van der Waals surface area contributed by atoms with E-state index in [0.29, 0.717) is 19.5 Å². The maximum absolute atomic E-state index is 13.4. The molecule has 1 saturated carbocycles. The third-order valence-electron chi connectivity index (χ3n) is 7.30. The average Bonchev–Trinajstić information content (AvgIpc) is 2.90. The first-order chi connectivity index (χ1) is 12.2. The first kappa shape index (κ1) is 17.2. The van der Waals surface area contributed by atoms with E-state index in [2.05, 4.69) is 9.97 Å². The number of likely N-dealkylation sites (tertiary alicyclic amines) is 1. The molecule has 1 amide bonds. The van der Waals surface area contributed by atoms with Gasteiger partial charge in [-0.15, -0.1) is 0 Å². The quantitative estimate of drug-likeness (QED) is 0.639. The van der Waals surface area contributed by atoms with Crippen LogP contribution in [0.15, 0.2) is 17.2 Å². The van der Waals surface area contributed by atoms with Crippen molar-refractivity contribution in [3.05, 3.63) is 28.4 Å². The Hall–Kier alpha value is -2.18. The van der Waals surface area contributed by atoms with Gasteiger partial charge in [0, 0.05) is 30.5 Å². The molecule has 3 heterocycles. The molecule has 4 rings (SSSR count). The summed E-state index contributed by atoms with van der Waals surface area (Å²) in [5, 5.41) is 0. The first-order valence-electron chi connectivity index (χ1n) is 9.29. The molecule has 2 saturated heterocycles. The van der Waals surface area contributed by atoms with E-state index >= 15 is 0 Å². The molecular weight excluding hydrogens is 334 g/mol. The molecule has 0 radical (unpaired) electrons. The number of nitrogens with one attached hydrogen (secondary N) is 1. The van der Waals surface area contributed by atoms with Crippen LogP contribution < -0.4 is 5.56 Å². The lowest BCUT2D eigenvalue weighted by molar-refractivity contribution is -0.165. The van der Waals surface area contributed by atoms with Gasteiger partial charge in [-0.3, -0.25) is 14.4 Å². The number of fused-ring (bicyclic) bond motifs is 2. The number of hydrogen-bond acceptors (Lipinski definition) is 5. The van der Waals surface area contributed by atoms with Crippen molar-refractivity contribution < 1.29 is 14.3 Å². The van der Waals surface area contributed by atoms with Gasteiger partial charge in [-0.05, 0) is 32.6 Å². The normalized spacial score (nSPS) is 33.3. The van der Waals surface area contributed by atoms with Gasteiger partial charge in [0.1, 0.15) is 5.60 Å². The highest BCUT2D eigenvalue weighted by Gasteiger charge is 2.76. The van der Waals surface area contributed by atoms with Gasteiger partial charge in [0.2, 0.25) is 5.91 Å². The van der Waals surface area contributed by atoms with Crippen molar-refractivity contribution in [3.63, 3.8) is 0 Å². The smallest absolute Gasteiger partial charge is 0.322 e. The Bertz CT molecular complexity index is 824. The number of carbonyl (C=O) groups is 2. The highest BCUT2D eigenvalue weighted by atomic mass is 16.6. The van der Waals surface area contributed by atoms with Gasteiger partial charge < -0.3 is 14.6 Å². The second-order valence-corrected chi connectivity index (χ2v) is 8.55. The predicted octanol–water partition coefficient (Wildman–Crippen LogP) is 1.60. The highest BCUT2D eigenvalue weighted by Crippen LogP contribution is 2.66. The van der Waals surface area contributed by atoms with E-state index in [0.717, 1.165) is 25.0 Å². The molecule has 1 aromatic rings. The number of rotatable bonds is 2. The number of ether oxygens (including phenoxy) is 1. The van der Waals surface area contributed by atoms with Gasteiger partial charge in [0.25, 0.3) is 5.56 Å². The van der Waals surface area contributed by atoms with Gasteiger partial charge in [-0.2, -0.15) is 0 Å². The molecule has 0 unspecified atom stereocenters. The minimum atomic E-state index is -1.06. The second-order valence-electron chi connectivity index (χ2n) is 8.55. The van der Waals surface area contributed by atoms with E-state index in [1.807, 2.05) is 25.7 Å². The number of esters is 1. The van der Waals surface area contributed by atoms with Crippen LogP contribution in [0.2, 0.25) is 0 Å². The molecular formula is C19H25N3O4. The fourth-order valence-electron chi connectivity index (χ4n) is 5.05. The maximum atomic E-state index is 13.4. The summed E-state index contributed by atoms with van der Waals surface area (Å²) in [6, 6.07) is 1.53. The number of H-pyrrole nitrogens is 1. The standard InChI is InChI=1S/C19H25N3O4/c1-17(2)18(3)6-7-19(17,16(25)26-18)15(24)22-8-4-12(5-9-22)13-10-14(23)21-11-20-13/h10-12H,4-9H2,1-3H3,(H,20,21,23)/t18-,19+/m1/s1. The van der Waals surface area contributed by atoms with Gasteiger partial charge >= 0.3 is 5.97 Å². The summed E-state index contributed by atoms with van der Waals surface area (Å²) in [7, 11) is 0. The van der Waals surface area contributed by atoms with Crippen molar-refractivity contribution >= 4 is 11.9 Å². The van der Waals surface area contributed by atoms with E-state index in [4.69, 9.17) is 4.74 Å². The molecule has 7 heteroatoms. The van der Waals surface area contributed by atoms with Crippen molar-refractivity contribution in [2.24, 2.45) is 10.8 Å². The van der Waals surface area contributed by atoms with E-state index in [1.54, 1.807) is 0 Å². The lowest BCUT2D eigenvalue weighted by Gasteiger charge is -2.40. The van der Waals surface area contributed by atoms with Crippen LogP contribution in [-0.2, 0) is 14.3 Å². The van der Waals surface area contributed by atoms with Gasteiger partial charge in [-0.1, -0.05) is 13.8 Å². The summed E-state index contributed by atoms with van der Waals surface area (Å²) in [4.78, 5) is 46.2. The molecule has 1 aliphatic carbocycles. The predicted molar refractivity (Wildman–Crippen MR) is 93.4 cm³/mol. The molecule has 2 bridgehead atoms. The van der Waals surface area contributed by atoms with Crippen molar-refractivity contribution in [1.29, 1.82) is 0 Å². The van der Waals surface area contributed by atoms with E-state index in [9.17, 15) is 14.4 Å². The highest BCUT2D eigenvalue weighted by molar-refractivity contribution is 6.06. The average molecular weight is 359 g/mol. The van der Waals surface area contributed by atoms with Gasteiger partial charge in [-0.25, -0.2) is 4.98 Å². The molecule has 1 aromatic heterocycles. The Morgan fingerprint density at radius 3 is 2.46 bits per heavy atom. The van der Waals surface area contributed by atoms with E-state index in [-0.39, 0.29) is 23.4 Å². The first-order valence-corrected chi connectivity index (χ1v) is 9.29. The largest absolute Gasteiger partial charge is 0.458 e. The second kappa shape index (κ2) is 5.41. The summed E-state index contributed by atoms with van der Waals surface area (Å²) in [5.41, 5.74) is -1.52. The molecule has 0 aromatic carbocycles. The topological polar surface area (TPSA) is 92.4 Å². The van der Waals surface area contributed by atoms with E-state index in [1.165, 1.54) is 12.4 Å². The third-order valence-corrected chi connectivity index (χ3v) is 7.30. The van der Waals surface area contributed by atoms with Crippen LogP contribution in [0.3, 0.4) is 0 Å². The molecule has 7 nitrogen and oxygen atoms in total. The fourth-order valence-corrected chi connectivity index (χ4v) is 5.05. The molecule has 2 aliphatic heterocycles. The van der Waals surface area contributed by atoms with Crippen LogP contribution in [0.5, 0.6) is 0 Å². The van der Waals surface area contributed by atoms with Crippen molar-refractivity contribution in [3.8, 4) is 0 Å². The number of aromatic nitrogens is 2. The number of aromatic amines is 1. The molecule has 140 valence electrons.